The van der Waals surface area contributed by atoms with E-state index in [4.69, 9.17) is 4.42 Å². The maximum atomic E-state index is 14.1. The highest BCUT2D eigenvalue weighted by Gasteiger charge is 2.64. The number of amides is 2. The van der Waals surface area contributed by atoms with Crippen molar-refractivity contribution < 1.29 is 19.1 Å². The Hall–Kier alpha value is -3.71. The van der Waals surface area contributed by atoms with Gasteiger partial charge >= 0.3 is 0 Å². The van der Waals surface area contributed by atoms with Gasteiger partial charge in [-0.05, 0) is 49.6 Å². The number of rotatable bonds is 5. The minimum atomic E-state index is -1.64. The largest absolute Gasteiger partial charge is 0.450 e. The third-order valence-electron chi connectivity index (χ3n) is 6.70. The van der Waals surface area contributed by atoms with Gasteiger partial charge in [0.05, 0.1) is 16.6 Å². The van der Waals surface area contributed by atoms with E-state index in [0.717, 1.165) is 11.1 Å². The molecule has 33 heavy (non-hydrogen) atoms. The zero-order valence-electron chi connectivity index (χ0n) is 18.6. The third kappa shape index (κ3) is 2.63. The van der Waals surface area contributed by atoms with E-state index < -0.39 is 22.8 Å². The monoisotopic (exact) mass is 444 g/mol. The number of hydrogen-bond donors (Lipinski definition) is 1. The van der Waals surface area contributed by atoms with E-state index >= 15 is 0 Å². The molecule has 0 saturated heterocycles. The number of para-hydroxylation sites is 1. The fraction of sp³-hybridized carbons (Fsp3) is 0.269. The fourth-order valence-corrected chi connectivity index (χ4v) is 5.09. The summed E-state index contributed by atoms with van der Waals surface area (Å²) in [5.74, 6) is -1.04. The van der Waals surface area contributed by atoms with E-state index in [9.17, 15) is 19.5 Å². The van der Waals surface area contributed by atoms with Crippen LogP contribution in [0.2, 0.25) is 0 Å². The van der Waals surface area contributed by atoms with Crippen molar-refractivity contribution in [1.82, 2.24) is 4.90 Å². The normalized spacial score (nSPS) is 19.0. The summed E-state index contributed by atoms with van der Waals surface area (Å²) < 4.78 is 6.04. The highest BCUT2D eigenvalue weighted by molar-refractivity contribution is 6.17. The van der Waals surface area contributed by atoms with Gasteiger partial charge in [-0.3, -0.25) is 14.4 Å². The van der Waals surface area contributed by atoms with Crippen LogP contribution in [0, 0.1) is 13.8 Å². The van der Waals surface area contributed by atoms with Crippen LogP contribution in [0.3, 0.4) is 0 Å². The van der Waals surface area contributed by atoms with Gasteiger partial charge in [-0.1, -0.05) is 24.3 Å². The molecule has 3 heterocycles. The van der Waals surface area contributed by atoms with Gasteiger partial charge in [0, 0.05) is 25.3 Å². The first-order valence-electron chi connectivity index (χ1n) is 10.9. The molecule has 0 radical (unpaired) electrons. The van der Waals surface area contributed by atoms with Gasteiger partial charge in [-0.15, -0.1) is 6.58 Å². The second kappa shape index (κ2) is 7.42. The molecule has 0 fully saturated rings. The number of carbonyl (C=O) groups excluding carboxylic acids is 2. The average Bonchev–Trinajstić information content (AvgIpc) is 3.19. The van der Waals surface area contributed by atoms with Crippen molar-refractivity contribution in [1.29, 1.82) is 0 Å². The number of aliphatic hydroxyl groups excluding tert-OH is 1. The van der Waals surface area contributed by atoms with E-state index in [2.05, 4.69) is 6.58 Å². The van der Waals surface area contributed by atoms with Gasteiger partial charge in [0.15, 0.2) is 11.0 Å². The number of fused-ring (bicyclic) bond motifs is 5. The molecule has 7 nitrogen and oxygen atoms in total. The SMILES string of the molecule is C=CCN1C(=O)[C@]2(c3ccccc31)c1c(oc3cc(C)c(C)cc3c1=O)C(=O)N2CCCO. The lowest BCUT2D eigenvalue weighted by atomic mass is 9.83. The van der Waals surface area contributed by atoms with Crippen LogP contribution < -0.4 is 10.3 Å². The quantitative estimate of drug-likeness (QED) is 0.611. The Balaban J connectivity index is 1.91. The summed E-state index contributed by atoms with van der Waals surface area (Å²) in [5, 5.41) is 9.83. The predicted molar refractivity (Wildman–Crippen MR) is 124 cm³/mol. The maximum absolute atomic E-state index is 14.1. The lowest BCUT2D eigenvalue weighted by molar-refractivity contribution is -0.126. The number of anilines is 1. The van der Waals surface area contributed by atoms with Crippen molar-refractivity contribution >= 4 is 28.5 Å². The second-order valence-electron chi connectivity index (χ2n) is 8.53. The Labute approximate surface area is 190 Å². The van der Waals surface area contributed by atoms with Gasteiger partial charge in [0.1, 0.15) is 5.58 Å². The Morgan fingerprint density at radius 1 is 1.12 bits per heavy atom. The average molecular weight is 444 g/mol. The summed E-state index contributed by atoms with van der Waals surface area (Å²) in [7, 11) is 0. The minimum Gasteiger partial charge on any atom is -0.450 e. The Morgan fingerprint density at radius 3 is 2.58 bits per heavy atom. The van der Waals surface area contributed by atoms with Crippen LogP contribution in [-0.4, -0.2) is 41.5 Å². The molecule has 0 saturated carbocycles. The van der Waals surface area contributed by atoms with E-state index in [0.29, 0.717) is 22.2 Å². The smallest absolute Gasteiger partial charge is 0.291 e. The van der Waals surface area contributed by atoms with E-state index in [-0.39, 0.29) is 37.4 Å². The first kappa shape index (κ1) is 21.2. The molecule has 7 heteroatoms. The minimum absolute atomic E-state index is 0.0465. The Kier molecular flexibility index (Phi) is 4.76. The summed E-state index contributed by atoms with van der Waals surface area (Å²) in [5.41, 5.74) is 1.35. The number of hydrogen-bond acceptors (Lipinski definition) is 5. The fourth-order valence-electron chi connectivity index (χ4n) is 5.09. The molecular formula is C26H24N2O5. The molecule has 168 valence electrons. The lowest BCUT2D eigenvalue weighted by Gasteiger charge is -2.34. The zero-order chi connectivity index (χ0) is 23.5. The Bertz CT molecular complexity index is 1410. The summed E-state index contributed by atoms with van der Waals surface area (Å²) in [6, 6.07) is 10.7. The molecule has 2 aliphatic heterocycles. The van der Waals surface area contributed by atoms with Crippen molar-refractivity contribution in [2.24, 2.45) is 0 Å². The molecule has 0 bridgehead atoms. The third-order valence-corrected chi connectivity index (χ3v) is 6.70. The number of nitrogens with zero attached hydrogens (tertiary/aromatic N) is 2. The molecule has 1 N–H and O–H groups in total. The number of carbonyl (C=O) groups is 2. The molecule has 1 aromatic heterocycles. The van der Waals surface area contributed by atoms with Crippen molar-refractivity contribution in [2.45, 2.75) is 25.8 Å². The van der Waals surface area contributed by atoms with E-state index in [1.165, 1.54) is 4.90 Å². The highest BCUT2D eigenvalue weighted by Crippen LogP contribution is 2.52. The molecule has 1 atom stereocenters. The molecule has 0 unspecified atom stereocenters. The van der Waals surface area contributed by atoms with Gasteiger partial charge in [-0.25, -0.2) is 0 Å². The number of aryl methyl sites for hydroxylation is 2. The second-order valence-corrected chi connectivity index (χ2v) is 8.53. The van der Waals surface area contributed by atoms with Crippen LogP contribution in [0.4, 0.5) is 5.69 Å². The van der Waals surface area contributed by atoms with Gasteiger partial charge < -0.3 is 19.3 Å². The maximum Gasteiger partial charge on any atom is 0.291 e. The van der Waals surface area contributed by atoms with Crippen LogP contribution >= 0.6 is 0 Å². The van der Waals surface area contributed by atoms with Crippen molar-refractivity contribution in [3.05, 3.63) is 87.3 Å². The topological polar surface area (TPSA) is 91.1 Å². The van der Waals surface area contributed by atoms with Crippen LogP contribution in [0.15, 0.2) is 58.3 Å². The lowest BCUT2D eigenvalue weighted by Crippen LogP contribution is -2.53. The Morgan fingerprint density at radius 2 is 1.85 bits per heavy atom. The standard InChI is InChI=1S/C26H24N2O5/c1-4-10-27-19-9-6-5-8-18(19)26(25(27)32)21-22(30)17-13-15(2)16(3)14-20(17)33-23(21)24(31)28(26)11-7-12-29/h4-6,8-9,13-14,29H,1,7,10-12H2,2-3H3/t26-/m0/s1. The molecule has 2 aromatic carbocycles. The molecule has 1 spiro atoms. The van der Waals surface area contributed by atoms with Crippen molar-refractivity contribution in [2.75, 3.05) is 24.6 Å². The van der Waals surface area contributed by atoms with E-state index in [1.807, 2.05) is 19.9 Å². The summed E-state index contributed by atoms with van der Waals surface area (Å²) >= 11 is 0. The van der Waals surface area contributed by atoms with Crippen LogP contribution in [0.25, 0.3) is 11.0 Å². The van der Waals surface area contributed by atoms with Crippen LogP contribution in [0.5, 0.6) is 0 Å². The van der Waals surface area contributed by atoms with Crippen molar-refractivity contribution in [3.8, 4) is 0 Å². The molecular weight excluding hydrogens is 420 g/mol. The highest BCUT2D eigenvalue weighted by atomic mass is 16.3. The molecule has 5 rings (SSSR count). The summed E-state index contributed by atoms with van der Waals surface area (Å²) in [6.45, 7) is 7.73. The van der Waals surface area contributed by atoms with Crippen LogP contribution in [-0.2, 0) is 10.3 Å². The zero-order valence-corrected chi connectivity index (χ0v) is 18.6. The summed E-state index contributed by atoms with van der Waals surface area (Å²) in [4.78, 5) is 44.6. The van der Waals surface area contributed by atoms with Crippen molar-refractivity contribution in [3.63, 3.8) is 0 Å². The summed E-state index contributed by atoms with van der Waals surface area (Å²) in [6.07, 6.45) is 1.86. The van der Waals surface area contributed by atoms with Crippen LogP contribution in [0.1, 0.15) is 39.2 Å². The molecule has 0 aliphatic carbocycles. The number of aliphatic hydroxyl groups is 1. The van der Waals surface area contributed by atoms with Gasteiger partial charge in [0.2, 0.25) is 5.76 Å². The van der Waals surface area contributed by atoms with Gasteiger partial charge in [-0.2, -0.15) is 0 Å². The molecule has 2 aliphatic rings. The molecule has 2 amide bonds. The number of benzene rings is 2. The van der Waals surface area contributed by atoms with Gasteiger partial charge in [0.25, 0.3) is 11.8 Å². The van der Waals surface area contributed by atoms with E-state index in [1.54, 1.807) is 41.3 Å². The first-order chi connectivity index (χ1) is 15.9. The molecule has 3 aromatic rings. The predicted octanol–water partition coefficient (Wildman–Crippen LogP) is 3.02. The first-order valence-corrected chi connectivity index (χ1v) is 10.9.